The molecule has 0 heterocycles. The molecule has 0 aromatic rings. The molecule has 0 spiro atoms. The summed E-state index contributed by atoms with van der Waals surface area (Å²) in [6.07, 6.45) is 0. The third kappa shape index (κ3) is 462. The van der Waals surface area contributed by atoms with Crippen molar-refractivity contribution in [3.63, 3.8) is 0 Å². The van der Waals surface area contributed by atoms with E-state index in [2.05, 4.69) is 0 Å². The van der Waals surface area contributed by atoms with Crippen LogP contribution in [0.4, 0.5) is 7.99 Å². The van der Waals surface area contributed by atoms with Crippen LogP contribution in [0, 0.1) is 0 Å². The van der Waals surface area contributed by atoms with Crippen molar-refractivity contribution in [1.29, 1.82) is 0 Å². The van der Waals surface area contributed by atoms with Crippen LogP contribution >= 0.6 is 0 Å². The van der Waals surface area contributed by atoms with Crippen LogP contribution in [-0.2, 0) is 0 Å². The van der Waals surface area contributed by atoms with Gasteiger partial charge in [-0.2, -0.15) is 0 Å². The first-order chi connectivity index (χ1) is 1.73. The third-order valence-electron chi connectivity index (χ3n) is 0. The van der Waals surface area contributed by atoms with E-state index in [1.807, 2.05) is 0 Å². The summed E-state index contributed by atoms with van der Waals surface area (Å²) in [7, 11) is 0. The first-order valence-electron chi connectivity index (χ1n) is 0.655. The van der Waals surface area contributed by atoms with Crippen LogP contribution in [0.25, 0.3) is 0 Å². The zero-order valence-electron chi connectivity index (χ0n) is 3.21. The summed E-state index contributed by atoms with van der Waals surface area (Å²) in [5.41, 5.74) is 0. The third-order valence-corrected chi connectivity index (χ3v) is 0. The molecule has 48 valence electrons. The number of hydrogen-bond donors (Lipinski definition) is 0. The fourth-order valence-electron chi connectivity index (χ4n) is 0. The van der Waals surface area contributed by atoms with Crippen LogP contribution in [0.1, 0.15) is 0 Å². The second-order valence-corrected chi connectivity index (χ2v) is 1.66. The van der Waals surface area contributed by atoms with Gasteiger partial charge < -0.3 is 16.4 Å². The predicted molar refractivity (Wildman–Crippen MR) is 19.9 cm³/mol. The van der Waals surface area contributed by atoms with Crippen LogP contribution < -0.4 is 0 Å². The van der Waals surface area contributed by atoms with Gasteiger partial charge in [0.25, 0.3) is 0 Å². The summed E-state index contributed by atoms with van der Waals surface area (Å²) in [5.74, 6) is 0. The Morgan fingerprint density at radius 2 is 0.714 bits per heavy atom. The van der Waals surface area contributed by atoms with Gasteiger partial charge in [0.2, 0.25) is 0 Å². The van der Waals surface area contributed by atoms with E-state index in [4.69, 9.17) is 0 Å². The molecule has 0 aliphatic heterocycles. The standard InChI is InChI=1S/3FH.In.3H2O/h3*1H;;3*1H2/q;;;+3;;;/p-3. The molecule has 0 amide bonds. The number of halogens is 3. The molecule has 0 fully saturated rings. The summed E-state index contributed by atoms with van der Waals surface area (Å²) < 4.78 is 29.6. The van der Waals surface area contributed by atoms with E-state index in [9.17, 15) is 7.99 Å². The van der Waals surface area contributed by atoms with Gasteiger partial charge in [0.1, 0.15) is 0 Å². The van der Waals surface area contributed by atoms with Gasteiger partial charge in [0.15, 0.2) is 0 Å². The summed E-state index contributed by atoms with van der Waals surface area (Å²) in [6.45, 7) is 0. The van der Waals surface area contributed by atoms with Crippen molar-refractivity contribution in [2.24, 2.45) is 0 Å². The van der Waals surface area contributed by atoms with Gasteiger partial charge in [-0.15, -0.1) is 0 Å². The molecule has 0 aliphatic carbocycles. The molecule has 0 aromatic heterocycles. The van der Waals surface area contributed by atoms with E-state index in [0.717, 1.165) is 0 Å². The van der Waals surface area contributed by atoms with Crippen LogP contribution in [0.15, 0.2) is 0 Å². The number of hydrogen-bond acceptors (Lipinski definition) is 0. The predicted octanol–water partition coefficient (Wildman–Crippen LogP) is -1.59. The molecular weight excluding hydrogens is 220 g/mol. The summed E-state index contributed by atoms with van der Waals surface area (Å²) in [5, 5.41) is 0. The average Bonchev–Trinajstić information content (AvgIpc) is 0.811. The van der Waals surface area contributed by atoms with Crippen molar-refractivity contribution in [1.82, 2.24) is 0 Å². The van der Waals surface area contributed by atoms with E-state index >= 15 is 0 Å². The van der Waals surface area contributed by atoms with Gasteiger partial charge in [-0.25, -0.2) is 0 Å². The van der Waals surface area contributed by atoms with Crippen molar-refractivity contribution in [3.8, 4) is 0 Å². The zero-order chi connectivity index (χ0) is 3.58. The van der Waals surface area contributed by atoms with Gasteiger partial charge >= 0.3 is 31.2 Å². The topological polar surface area (TPSA) is 94.5 Å². The summed E-state index contributed by atoms with van der Waals surface area (Å²) in [6, 6.07) is 0. The van der Waals surface area contributed by atoms with E-state index < -0.39 is 23.2 Å². The Morgan fingerprint density at radius 1 is 0.714 bits per heavy atom. The molecule has 7 heavy (non-hydrogen) atoms. The van der Waals surface area contributed by atoms with E-state index in [-0.39, 0.29) is 16.4 Å². The molecule has 0 bridgehead atoms. The molecule has 3 nitrogen and oxygen atoms in total. The van der Waals surface area contributed by atoms with Crippen LogP contribution in [0.5, 0.6) is 0 Å². The molecule has 0 radical (unpaired) electrons. The molecule has 7 heteroatoms. The molecule has 0 aromatic carbocycles. The Hall–Kier alpha value is 0.540. The maximum atomic E-state index is 9.88. The van der Waals surface area contributed by atoms with Gasteiger partial charge in [-0.3, -0.25) is 0 Å². The van der Waals surface area contributed by atoms with Gasteiger partial charge in [0.05, 0.1) is 0 Å². The van der Waals surface area contributed by atoms with Crippen LogP contribution in [-0.4, -0.2) is 39.7 Å². The molecule has 0 rings (SSSR count). The Kier molecular flexibility index (Phi) is 58.9. The summed E-state index contributed by atoms with van der Waals surface area (Å²) in [4.78, 5) is 0. The maximum absolute atomic E-state index is 9.88. The molecule has 0 aliphatic rings. The van der Waals surface area contributed by atoms with Gasteiger partial charge in [-0.1, -0.05) is 0 Å². The monoisotopic (exact) mass is 226 g/mol. The molecule has 0 saturated heterocycles. The van der Waals surface area contributed by atoms with Crippen molar-refractivity contribution in [2.75, 3.05) is 0 Å². The Morgan fingerprint density at radius 3 is 0.714 bits per heavy atom. The normalized spacial score (nSPS) is 3.86. The molecule has 0 saturated carbocycles. The average molecular weight is 226 g/mol. The van der Waals surface area contributed by atoms with Crippen molar-refractivity contribution >= 4 is 23.2 Å². The Bertz CT molecular complexity index is 14.9. The zero-order valence-corrected chi connectivity index (χ0v) is 6.51. The van der Waals surface area contributed by atoms with Gasteiger partial charge in [0, 0.05) is 0 Å². The quantitative estimate of drug-likeness (QED) is 0.475. The van der Waals surface area contributed by atoms with Crippen LogP contribution in [0.2, 0.25) is 0 Å². The van der Waals surface area contributed by atoms with Crippen molar-refractivity contribution in [3.05, 3.63) is 0 Å². The van der Waals surface area contributed by atoms with E-state index in [1.54, 1.807) is 0 Å². The van der Waals surface area contributed by atoms with E-state index in [0.29, 0.717) is 0 Å². The minimum absolute atomic E-state index is 0. The Balaban J connectivity index is -0.0000000150. The molecule has 0 unspecified atom stereocenters. The van der Waals surface area contributed by atoms with Crippen LogP contribution in [0.3, 0.4) is 0 Å². The SMILES string of the molecule is O.O.O.[F][In]([F])[F]. The van der Waals surface area contributed by atoms with Crippen molar-refractivity contribution in [2.45, 2.75) is 0 Å². The second kappa shape index (κ2) is 16.0. The first kappa shape index (κ1) is 25.7. The second-order valence-electron chi connectivity index (χ2n) is 0.247. The van der Waals surface area contributed by atoms with Gasteiger partial charge in [-0.05, 0) is 0 Å². The fourth-order valence-corrected chi connectivity index (χ4v) is 0. The molecule has 0 atom stereocenters. The number of rotatable bonds is 0. The molecule has 6 N–H and O–H groups in total. The Labute approximate surface area is 48.2 Å². The van der Waals surface area contributed by atoms with E-state index in [1.165, 1.54) is 0 Å². The molecular formula is H6F3InO3. The van der Waals surface area contributed by atoms with Crippen molar-refractivity contribution < 1.29 is 24.4 Å². The fraction of sp³-hybridized carbons (Fsp3) is 0. The first-order valence-corrected chi connectivity index (χ1v) is 4.39. The minimum atomic E-state index is -5.14. The summed E-state index contributed by atoms with van der Waals surface area (Å²) >= 11 is -5.14.